The Balaban J connectivity index is 1.95. The van der Waals surface area contributed by atoms with Crippen LogP contribution in [-0.4, -0.2) is 42.8 Å². The lowest BCUT2D eigenvalue weighted by Crippen LogP contribution is -2.31. The van der Waals surface area contributed by atoms with Crippen LogP contribution < -0.4 is 4.74 Å². The molecule has 0 spiro atoms. The molecule has 1 heterocycles. The summed E-state index contributed by atoms with van der Waals surface area (Å²) in [7, 11) is 1.37. The zero-order chi connectivity index (χ0) is 17.1. The molecule has 0 unspecified atom stereocenters. The molecule has 1 aliphatic rings. The number of phenolic OH excluding ortho intramolecular Hbond substituents is 1. The molecule has 0 aliphatic carbocycles. The van der Waals surface area contributed by atoms with Crippen molar-refractivity contribution in [3.63, 3.8) is 0 Å². The van der Waals surface area contributed by atoms with Gasteiger partial charge in [0.1, 0.15) is 6.61 Å². The minimum Gasteiger partial charge on any atom is -0.504 e. The number of carbonyl (C=O) groups is 1. The maximum Gasteiger partial charge on any atom is 0.319 e. The van der Waals surface area contributed by atoms with Gasteiger partial charge in [-0.1, -0.05) is 23.7 Å². The van der Waals surface area contributed by atoms with Gasteiger partial charge in [0.2, 0.25) is 0 Å². The molecule has 24 heavy (non-hydrogen) atoms. The average molecular weight is 348 g/mol. The number of aromatic hydroxyl groups is 1. The number of fused-ring (bicyclic) bond motifs is 1. The number of ether oxygens (including phenoxy) is 2. The zero-order valence-electron chi connectivity index (χ0n) is 13.3. The molecule has 0 radical (unpaired) electrons. The van der Waals surface area contributed by atoms with E-state index >= 15 is 0 Å². The topological polar surface area (TPSA) is 59.0 Å². The number of hydrogen-bond acceptors (Lipinski definition) is 5. The predicted molar refractivity (Wildman–Crippen MR) is 91.3 cm³/mol. The monoisotopic (exact) mass is 347 g/mol. The molecule has 2 aromatic carbocycles. The van der Waals surface area contributed by atoms with Crippen molar-refractivity contribution < 1.29 is 19.4 Å². The van der Waals surface area contributed by atoms with E-state index in [2.05, 4.69) is 0 Å². The van der Waals surface area contributed by atoms with Gasteiger partial charge in [-0.3, -0.25) is 9.69 Å². The van der Waals surface area contributed by atoms with Crippen molar-refractivity contribution in [2.45, 2.75) is 6.54 Å². The van der Waals surface area contributed by atoms with E-state index in [0.717, 1.165) is 16.7 Å². The summed E-state index contributed by atoms with van der Waals surface area (Å²) in [6, 6.07) is 11.1. The molecular weight excluding hydrogens is 330 g/mol. The van der Waals surface area contributed by atoms with Crippen LogP contribution in [0, 0.1) is 0 Å². The number of nitrogens with zero attached hydrogens (tertiary/aromatic N) is 1. The minimum absolute atomic E-state index is 0.0855. The first-order valence-electron chi connectivity index (χ1n) is 7.60. The summed E-state index contributed by atoms with van der Waals surface area (Å²) >= 11 is 6.05. The van der Waals surface area contributed by atoms with E-state index in [0.29, 0.717) is 30.5 Å². The highest BCUT2D eigenvalue weighted by molar-refractivity contribution is 6.30. The first-order chi connectivity index (χ1) is 11.6. The van der Waals surface area contributed by atoms with Crippen molar-refractivity contribution in [1.82, 2.24) is 4.90 Å². The van der Waals surface area contributed by atoms with E-state index < -0.39 is 0 Å². The molecule has 126 valence electrons. The van der Waals surface area contributed by atoms with Crippen LogP contribution >= 0.6 is 11.6 Å². The third-order valence-corrected chi connectivity index (χ3v) is 4.17. The first kappa shape index (κ1) is 16.6. The number of rotatable bonds is 3. The van der Waals surface area contributed by atoms with Crippen LogP contribution in [0.25, 0.3) is 11.1 Å². The summed E-state index contributed by atoms with van der Waals surface area (Å²) in [5.74, 6) is 0.254. The van der Waals surface area contributed by atoms with Gasteiger partial charge >= 0.3 is 5.97 Å². The van der Waals surface area contributed by atoms with Crippen molar-refractivity contribution in [1.29, 1.82) is 0 Å². The van der Waals surface area contributed by atoms with Crippen LogP contribution in [0.5, 0.6) is 11.5 Å². The predicted octanol–water partition coefficient (Wildman–Crippen LogP) is 3.08. The second-order valence-corrected chi connectivity index (χ2v) is 6.07. The molecule has 2 aromatic rings. The number of esters is 1. The number of hydrogen-bond donors (Lipinski definition) is 1. The van der Waals surface area contributed by atoms with Crippen LogP contribution in [0.15, 0.2) is 36.4 Å². The number of methoxy groups -OCH3 is 1. The standard InChI is InChI=1S/C18H18ClNO4/c1-23-17(22)11-20-5-6-24-18-14(10-20)7-13(9-16(18)21)12-3-2-4-15(19)8-12/h2-4,7-9,21H,5-6,10-11H2,1H3. The fraction of sp³-hybridized carbons (Fsp3) is 0.278. The number of carbonyl (C=O) groups excluding carboxylic acids is 1. The molecular formula is C18H18ClNO4. The van der Waals surface area contributed by atoms with Gasteiger partial charge in [0, 0.05) is 23.7 Å². The molecule has 0 bridgehead atoms. The molecule has 0 amide bonds. The lowest BCUT2D eigenvalue weighted by atomic mass is 10.0. The maximum atomic E-state index is 11.5. The average Bonchev–Trinajstić information content (AvgIpc) is 2.76. The molecule has 5 nitrogen and oxygen atoms in total. The molecule has 3 rings (SSSR count). The molecule has 0 fully saturated rings. The van der Waals surface area contributed by atoms with Crippen LogP contribution in [0.3, 0.4) is 0 Å². The molecule has 0 saturated heterocycles. The van der Waals surface area contributed by atoms with E-state index in [1.54, 1.807) is 12.1 Å². The van der Waals surface area contributed by atoms with E-state index in [1.807, 2.05) is 29.2 Å². The molecule has 6 heteroatoms. The van der Waals surface area contributed by atoms with Gasteiger partial charge in [0.05, 0.1) is 13.7 Å². The number of benzene rings is 2. The van der Waals surface area contributed by atoms with Crippen LogP contribution in [-0.2, 0) is 16.1 Å². The largest absolute Gasteiger partial charge is 0.504 e. The Kier molecular flexibility index (Phi) is 4.92. The third kappa shape index (κ3) is 3.63. The highest BCUT2D eigenvalue weighted by Gasteiger charge is 2.21. The smallest absolute Gasteiger partial charge is 0.319 e. The second kappa shape index (κ2) is 7.11. The molecule has 0 aromatic heterocycles. The van der Waals surface area contributed by atoms with E-state index in [-0.39, 0.29) is 18.3 Å². The molecule has 0 atom stereocenters. The van der Waals surface area contributed by atoms with E-state index in [1.165, 1.54) is 7.11 Å². The molecule has 1 aliphatic heterocycles. The van der Waals surface area contributed by atoms with E-state index in [4.69, 9.17) is 21.1 Å². The maximum absolute atomic E-state index is 11.5. The van der Waals surface area contributed by atoms with Crippen molar-refractivity contribution in [2.24, 2.45) is 0 Å². The van der Waals surface area contributed by atoms with Gasteiger partial charge in [0.15, 0.2) is 11.5 Å². The molecule has 1 N–H and O–H groups in total. The van der Waals surface area contributed by atoms with Crippen molar-refractivity contribution in [3.05, 3.63) is 47.0 Å². The Hall–Kier alpha value is -2.24. The Morgan fingerprint density at radius 3 is 2.92 bits per heavy atom. The van der Waals surface area contributed by atoms with Crippen molar-refractivity contribution >= 4 is 17.6 Å². The van der Waals surface area contributed by atoms with E-state index in [9.17, 15) is 9.90 Å². The summed E-state index contributed by atoms with van der Waals surface area (Å²) in [4.78, 5) is 13.5. The summed E-state index contributed by atoms with van der Waals surface area (Å²) in [6.45, 7) is 1.65. The van der Waals surface area contributed by atoms with Gasteiger partial charge in [-0.05, 0) is 35.4 Å². The quantitative estimate of drug-likeness (QED) is 0.865. The fourth-order valence-electron chi connectivity index (χ4n) is 2.77. The Labute approximate surface area is 145 Å². The second-order valence-electron chi connectivity index (χ2n) is 5.63. The Bertz CT molecular complexity index is 763. The summed E-state index contributed by atoms with van der Waals surface area (Å²) in [6.07, 6.45) is 0. The van der Waals surface area contributed by atoms with Crippen molar-refractivity contribution in [2.75, 3.05) is 26.8 Å². The minimum atomic E-state index is -0.298. The lowest BCUT2D eigenvalue weighted by molar-refractivity contribution is -0.142. The van der Waals surface area contributed by atoms with Crippen LogP contribution in [0.1, 0.15) is 5.56 Å². The summed E-state index contributed by atoms with van der Waals surface area (Å²) in [5.41, 5.74) is 2.58. The van der Waals surface area contributed by atoms with Crippen molar-refractivity contribution in [3.8, 4) is 22.6 Å². The highest BCUT2D eigenvalue weighted by atomic mass is 35.5. The van der Waals surface area contributed by atoms with Gasteiger partial charge in [-0.15, -0.1) is 0 Å². The van der Waals surface area contributed by atoms with Gasteiger partial charge < -0.3 is 14.6 Å². The van der Waals surface area contributed by atoms with Gasteiger partial charge in [0.25, 0.3) is 0 Å². The van der Waals surface area contributed by atoms with Gasteiger partial charge in [-0.25, -0.2) is 0 Å². The normalized spacial score (nSPS) is 14.4. The molecule has 0 saturated carbocycles. The number of halogens is 1. The summed E-state index contributed by atoms with van der Waals surface area (Å²) < 4.78 is 10.4. The Morgan fingerprint density at radius 1 is 1.33 bits per heavy atom. The third-order valence-electron chi connectivity index (χ3n) is 3.93. The highest BCUT2D eigenvalue weighted by Crippen LogP contribution is 2.38. The summed E-state index contributed by atoms with van der Waals surface area (Å²) in [5, 5.41) is 11.0. The van der Waals surface area contributed by atoms with Gasteiger partial charge in [-0.2, -0.15) is 0 Å². The lowest BCUT2D eigenvalue weighted by Gasteiger charge is -2.18. The fourth-order valence-corrected chi connectivity index (χ4v) is 2.96. The Morgan fingerprint density at radius 2 is 2.17 bits per heavy atom. The zero-order valence-corrected chi connectivity index (χ0v) is 14.0. The SMILES string of the molecule is COC(=O)CN1CCOc2c(O)cc(-c3cccc(Cl)c3)cc2C1. The van der Waals surface area contributed by atoms with Crippen LogP contribution in [0.2, 0.25) is 5.02 Å². The van der Waals surface area contributed by atoms with Crippen LogP contribution in [0.4, 0.5) is 0 Å². The number of phenols is 1. The first-order valence-corrected chi connectivity index (χ1v) is 7.98.